The summed E-state index contributed by atoms with van der Waals surface area (Å²) >= 11 is 3.71. The van der Waals surface area contributed by atoms with E-state index in [1.165, 1.54) is 56.5 Å². The number of hydrogen-bond acceptors (Lipinski definition) is 4. The fraction of sp³-hybridized carbons (Fsp3) is 0. The van der Waals surface area contributed by atoms with E-state index in [9.17, 15) is 0 Å². The summed E-state index contributed by atoms with van der Waals surface area (Å²) in [5.74, 6) is 0. The van der Waals surface area contributed by atoms with Crippen LogP contribution in [-0.2, 0) is 0 Å². The standard InChI is InChI=1S/C40H23NOS2/c1-2-12-31-26(9-1)33(23-35-40(31)32-13-3-6-14-34(32)42-35)41(24-17-19-29-27-10-4-7-15-36(27)43-38(29)21-24)25-18-20-30-28-11-5-8-16-37(28)44-39(30)22-25/h1-23H. The van der Waals surface area contributed by atoms with Crippen LogP contribution in [0, 0.1) is 0 Å². The van der Waals surface area contributed by atoms with Crippen molar-refractivity contribution in [3.05, 3.63) is 140 Å². The highest BCUT2D eigenvalue weighted by Gasteiger charge is 2.21. The van der Waals surface area contributed by atoms with Crippen molar-refractivity contribution in [2.45, 2.75) is 0 Å². The van der Waals surface area contributed by atoms with Gasteiger partial charge in [-0.2, -0.15) is 0 Å². The second-order valence-electron chi connectivity index (χ2n) is 11.3. The monoisotopic (exact) mass is 597 g/mol. The molecule has 0 bridgehead atoms. The summed E-state index contributed by atoms with van der Waals surface area (Å²) in [6.07, 6.45) is 0. The molecule has 0 spiro atoms. The molecule has 10 rings (SSSR count). The van der Waals surface area contributed by atoms with Crippen LogP contribution in [-0.4, -0.2) is 0 Å². The quantitative estimate of drug-likeness (QED) is 0.201. The van der Waals surface area contributed by atoms with Crippen LogP contribution in [0.5, 0.6) is 0 Å². The van der Waals surface area contributed by atoms with Crippen LogP contribution in [0.25, 0.3) is 73.1 Å². The van der Waals surface area contributed by atoms with Crippen molar-refractivity contribution in [2.24, 2.45) is 0 Å². The second-order valence-corrected chi connectivity index (χ2v) is 13.5. The smallest absolute Gasteiger partial charge is 0.138 e. The molecule has 0 N–H and O–H groups in total. The molecule has 0 atom stereocenters. The number of furan rings is 1. The molecule has 4 heteroatoms. The number of benzene rings is 7. The van der Waals surface area contributed by atoms with Crippen molar-refractivity contribution in [3.63, 3.8) is 0 Å². The van der Waals surface area contributed by atoms with Gasteiger partial charge in [0, 0.05) is 73.9 Å². The first-order chi connectivity index (χ1) is 21.8. The molecule has 0 amide bonds. The molecule has 0 aliphatic rings. The van der Waals surface area contributed by atoms with Crippen molar-refractivity contribution in [1.29, 1.82) is 0 Å². The lowest BCUT2D eigenvalue weighted by Crippen LogP contribution is -2.10. The number of hydrogen-bond donors (Lipinski definition) is 0. The van der Waals surface area contributed by atoms with Gasteiger partial charge >= 0.3 is 0 Å². The lowest BCUT2D eigenvalue weighted by molar-refractivity contribution is 0.669. The molecule has 3 aromatic heterocycles. The van der Waals surface area contributed by atoms with Gasteiger partial charge in [0.05, 0.1) is 5.69 Å². The van der Waals surface area contributed by atoms with Gasteiger partial charge in [0.15, 0.2) is 0 Å². The summed E-state index contributed by atoms with van der Waals surface area (Å²) in [5, 5.41) is 9.92. The average Bonchev–Trinajstić information content (AvgIpc) is 3.75. The maximum atomic E-state index is 6.52. The van der Waals surface area contributed by atoms with E-state index in [0.29, 0.717) is 0 Å². The van der Waals surface area contributed by atoms with E-state index in [-0.39, 0.29) is 0 Å². The highest BCUT2D eigenvalue weighted by molar-refractivity contribution is 7.26. The Morgan fingerprint density at radius 3 is 1.52 bits per heavy atom. The third-order valence-electron chi connectivity index (χ3n) is 8.84. The second kappa shape index (κ2) is 9.17. The van der Waals surface area contributed by atoms with Crippen molar-refractivity contribution in [1.82, 2.24) is 0 Å². The summed E-state index contributed by atoms with van der Waals surface area (Å²) in [7, 11) is 0. The van der Waals surface area contributed by atoms with Crippen molar-refractivity contribution < 1.29 is 4.42 Å². The first-order valence-corrected chi connectivity index (χ1v) is 16.4. The zero-order valence-electron chi connectivity index (χ0n) is 23.5. The Morgan fingerprint density at radius 2 is 0.886 bits per heavy atom. The average molecular weight is 598 g/mol. The predicted octanol–water partition coefficient (Wildman–Crippen LogP) is 12.9. The first-order valence-electron chi connectivity index (χ1n) is 14.8. The molecule has 206 valence electrons. The highest BCUT2D eigenvalue weighted by atomic mass is 32.1. The Morgan fingerprint density at radius 1 is 0.386 bits per heavy atom. The number of anilines is 3. The minimum Gasteiger partial charge on any atom is -0.456 e. The molecule has 2 nitrogen and oxygen atoms in total. The molecule has 7 aromatic carbocycles. The van der Waals surface area contributed by atoms with Crippen LogP contribution >= 0.6 is 22.7 Å². The van der Waals surface area contributed by atoms with E-state index in [2.05, 4.69) is 138 Å². The van der Waals surface area contributed by atoms with Crippen LogP contribution in [0.15, 0.2) is 144 Å². The van der Waals surface area contributed by atoms with Gasteiger partial charge in [-0.15, -0.1) is 22.7 Å². The van der Waals surface area contributed by atoms with Gasteiger partial charge in [-0.25, -0.2) is 0 Å². The fourth-order valence-electron chi connectivity index (χ4n) is 6.89. The molecular formula is C40H23NOS2. The molecule has 0 saturated carbocycles. The zero-order valence-corrected chi connectivity index (χ0v) is 25.1. The van der Waals surface area contributed by atoms with E-state index in [0.717, 1.165) is 33.6 Å². The Bertz CT molecular complexity index is 2630. The van der Waals surface area contributed by atoms with Gasteiger partial charge in [0.25, 0.3) is 0 Å². The summed E-state index contributed by atoms with van der Waals surface area (Å²) in [6.45, 7) is 0. The number of para-hydroxylation sites is 1. The van der Waals surface area contributed by atoms with E-state index in [1.54, 1.807) is 0 Å². The third-order valence-corrected chi connectivity index (χ3v) is 11.1. The van der Waals surface area contributed by atoms with Crippen LogP contribution in [0.1, 0.15) is 0 Å². The number of thiophene rings is 2. The van der Waals surface area contributed by atoms with E-state index < -0.39 is 0 Å². The fourth-order valence-corrected chi connectivity index (χ4v) is 9.17. The molecular weight excluding hydrogens is 575 g/mol. The van der Waals surface area contributed by atoms with Crippen LogP contribution in [0.3, 0.4) is 0 Å². The zero-order chi connectivity index (χ0) is 28.8. The molecule has 44 heavy (non-hydrogen) atoms. The molecule has 0 unspecified atom stereocenters. The molecule has 0 aliphatic heterocycles. The van der Waals surface area contributed by atoms with Gasteiger partial charge in [-0.1, -0.05) is 91.0 Å². The van der Waals surface area contributed by atoms with Crippen molar-refractivity contribution in [2.75, 3.05) is 4.90 Å². The Kier molecular flexibility index (Phi) is 5.06. The Balaban J connectivity index is 1.29. The first kappa shape index (κ1) is 24.3. The van der Waals surface area contributed by atoms with Crippen LogP contribution in [0.4, 0.5) is 17.1 Å². The van der Waals surface area contributed by atoms with Gasteiger partial charge in [0.2, 0.25) is 0 Å². The van der Waals surface area contributed by atoms with E-state index >= 15 is 0 Å². The Labute approximate surface area is 260 Å². The lowest BCUT2D eigenvalue weighted by atomic mass is 10.0. The third kappa shape index (κ3) is 3.47. The van der Waals surface area contributed by atoms with E-state index in [1.807, 2.05) is 28.7 Å². The number of rotatable bonds is 3. The van der Waals surface area contributed by atoms with Crippen LogP contribution in [0.2, 0.25) is 0 Å². The highest BCUT2D eigenvalue weighted by Crippen LogP contribution is 2.47. The molecule has 0 aliphatic carbocycles. The van der Waals surface area contributed by atoms with Crippen LogP contribution < -0.4 is 4.90 Å². The largest absolute Gasteiger partial charge is 0.456 e. The van der Waals surface area contributed by atoms with Crippen molar-refractivity contribution in [3.8, 4) is 0 Å². The maximum Gasteiger partial charge on any atom is 0.138 e. The van der Waals surface area contributed by atoms with Gasteiger partial charge in [-0.3, -0.25) is 0 Å². The van der Waals surface area contributed by atoms with E-state index in [4.69, 9.17) is 4.42 Å². The normalized spacial score (nSPS) is 12.1. The van der Waals surface area contributed by atoms with Crippen molar-refractivity contribution >= 4 is 113 Å². The lowest BCUT2D eigenvalue weighted by Gasteiger charge is -2.27. The topological polar surface area (TPSA) is 16.4 Å². The molecule has 0 saturated heterocycles. The summed E-state index contributed by atoms with van der Waals surface area (Å²) in [4.78, 5) is 2.42. The molecule has 3 heterocycles. The minimum atomic E-state index is 0.899. The molecule has 0 fully saturated rings. The Hall–Kier alpha value is -5.16. The summed E-state index contributed by atoms with van der Waals surface area (Å²) in [5.41, 5.74) is 5.17. The number of fused-ring (bicyclic) bond motifs is 11. The molecule has 10 aromatic rings. The summed E-state index contributed by atoms with van der Waals surface area (Å²) in [6, 6.07) is 50.6. The number of nitrogens with zero attached hydrogens (tertiary/aromatic N) is 1. The van der Waals surface area contributed by atoms with Gasteiger partial charge < -0.3 is 9.32 Å². The van der Waals surface area contributed by atoms with Gasteiger partial charge in [0.1, 0.15) is 11.2 Å². The predicted molar refractivity (Wildman–Crippen MR) is 192 cm³/mol. The van der Waals surface area contributed by atoms with Gasteiger partial charge in [-0.05, 0) is 47.9 Å². The molecule has 0 radical (unpaired) electrons. The summed E-state index contributed by atoms with van der Waals surface area (Å²) < 4.78 is 11.7. The SMILES string of the molecule is c1ccc2c(c1)oc1cc(N(c3ccc4c(c3)sc3ccccc34)c3ccc4c(c3)sc3ccccc34)c3ccccc3c12. The minimum absolute atomic E-state index is 0.899. The maximum absolute atomic E-state index is 6.52.